The molecule has 1 aromatic rings. The van der Waals surface area contributed by atoms with Crippen LogP contribution in [0.1, 0.15) is 30.4 Å². The van der Waals surface area contributed by atoms with E-state index in [1.807, 2.05) is 0 Å². The molecule has 0 saturated heterocycles. The molecule has 0 fully saturated rings. The Bertz CT molecular complexity index is 859. The molecule has 0 unspecified atom stereocenters. The maximum absolute atomic E-state index is 12.6. The first kappa shape index (κ1) is 19.1. The highest BCUT2D eigenvalue weighted by molar-refractivity contribution is 7.87. The van der Waals surface area contributed by atoms with E-state index in [2.05, 4.69) is 25.7 Å². The molecule has 1 aliphatic carbocycles. The minimum atomic E-state index is -5.81. The molecule has 0 spiro atoms. The van der Waals surface area contributed by atoms with Gasteiger partial charge in [-0.05, 0) is 37.8 Å². The predicted molar refractivity (Wildman–Crippen MR) is 86.1 cm³/mol. The molecule has 1 aliphatic rings. The molecule has 136 valence electrons. The van der Waals surface area contributed by atoms with Crippen molar-refractivity contribution in [1.82, 2.24) is 9.97 Å². The zero-order valence-electron chi connectivity index (χ0n) is 13.6. The highest BCUT2D eigenvalue weighted by Crippen LogP contribution is 2.32. The van der Waals surface area contributed by atoms with Gasteiger partial charge in [0.2, 0.25) is 5.88 Å². The lowest BCUT2D eigenvalue weighted by Crippen LogP contribution is -2.29. The minimum absolute atomic E-state index is 0.00303. The van der Waals surface area contributed by atoms with Gasteiger partial charge in [-0.25, -0.2) is 4.98 Å². The van der Waals surface area contributed by atoms with Gasteiger partial charge < -0.3 is 4.18 Å². The van der Waals surface area contributed by atoms with Gasteiger partial charge in [-0.2, -0.15) is 26.6 Å². The molecule has 0 aliphatic heterocycles. The van der Waals surface area contributed by atoms with Gasteiger partial charge in [0.15, 0.2) is 5.82 Å². The zero-order chi connectivity index (χ0) is 18.8. The van der Waals surface area contributed by atoms with Crippen LogP contribution in [0.25, 0.3) is 0 Å². The summed E-state index contributed by atoms with van der Waals surface area (Å²) in [5.74, 6) is -0.600. The summed E-state index contributed by atoms with van der Waals surface area (Å²) in [5.41, 5.74) is -3.79. The Hall–Kier alpha value is -2.23. The quantitative estimate of drug-likeness (QED) is 0.342. The maximum Gasteiger partial charge on any atom is 0.534 e. The van der Waals surface area contributed by atoms with Crippen molar-refractivity contribution in [3.05, 3.63) is 41.4 Å². The fourth-order valence-corrected chi connectivity index (χ4v) is 2.68. The van der Waals surface area contributed by atoms with Crippen molar-refractivity contribution in [3.8, 4) is 5.88 Å². The van der Waals surface area contributed by atoms with Crippen molar-refractivity contribution in [2.75, 3.05) is 7.05 Å². The van der Waals surface area contributed by atoms with Crippen LogP contribution in [0, 0.1) is 0 Å². The van der Waals surface area contributed by atoms with Crippen LogP contribution in [0.2, 0.25) is 0 Å². The normalized spacial score (nSPS) is 15.9. The molecule has 0 saturated carbocycles. The number of allylic oxidation sites excluding steroid dienone is 3. The van der Waals surface area contributed by atoms with Crippen molar-refractivity contribution in [1.29, 1.82) is 0 Å². The molecule has 25 heavy (non-hydrogen) atoms. The fraction of sp³-hybridized carbons (Fsp3) is 0.400. The largest absolute Gasteiger partial charge is 0.534 e. The summed E-state index contributed by atoms with van der Waals surface area (Å²) < 4.78 is 64.8. The van der Waals surface area contributed by atoms with Crippen LogP contribution in [-0.2, 0) is 23.0 Å². The fourth-order valence-electron chi connectivity index (χ4n) is 2.24. The Morgan fingerprint density at radius 2 is 2.00 bits per heavy atom. The number of aliphatic imine (C=N–C) groups is 1. The lowest BCUT2D eigenvalue weighted by atomic mass is 10.2. The third-order valence-electron chi connectivity index (χ3n) is 3.52. The van der Waals surface area contributed by atoms with Crippen LogP contribution in [0.15, 0.2) is 29.3 Å². The second-order valence-electron chi connectivity index (χ2n) is 5.32. The smallest absolute Gasteiger partial charge is 0.355 e. The predicted octanol–water partition coefficient (Wildman–Crippen LogP) is 2.74. The summed E-state index contributed by atoms with van der Waals surface area (Å²) in [7, 11) is -4.35. The highest BCUT2D eigenvalue weighted by atomic mass is 32.2. The number of alkyl halides is 3. The van der Waals surface area contributed by atoms with Gasteiger partial charge in [0.05, 0.1) is 5.69 Å². The topological polar surface area (TPSA) is 81.5 Å². The van der Waals surface area contributed by atoms with Crippen molar-refractivity contribution in [3.63, 3.8) is 0 Å². The number of fused-ring (bicyclic) bond motifs is 1. The molecule has 0 bridgehead atoms. The molecular formula is C15H16F3N3O3S. The maximum atomic E-state index is 12.6. The second kappa shape index (κ2) is 6.95. The molecule has 2 rings (SSSR count). The van der Waals surface area contributed by atoms with Crippen molar-refractivity contribution < 1.29 is 25.8 Å². The van der Waals surface area contributed by atoms with Gasteiger partial charge in [-0.1, -0.05) is 12.7 Å². The van der Waals surface area contributed by atoms with E-state index >= 15 is 0 Å². The average molecular weight is 375 g/mol. The van der Waals surface area contributed by atoms with Crippen LogP contribution in [0.5, 0.6) is 5.88 Å². The van der Waals surface area contributed by atoms with E-state index in [0.29, 0.717) is 25.0 Å². The van der Waals surface area contributed by atoms with Gasteiger partial charge in [0, 0.05) is 12.6 Å². The van der Waals surface area contributed by atoms with Crippen molar-refractivity contribution in [2.24, 2.45) is 4.99 Å². The first-order valence-electron chi connectivity index (χ1n) is 7.27. The Morgan fingerprint density at radius 3 is 2.56 bits per heavy atom. The van der Waals surface area contributed by atoms with Gasteiger partial charge in [0.1, 0.15) is 5.71 Å². The summed E-state index contributed by atoms with van der Waals surface area (Å²) >= 11 is 0. The van der Waals surface area contributed by atoms with E-state index < -0.39 is 21.5 Å². The first-order chi connectivity index (χ1) is 11.6. The van der Waals surface area contributed by atoms with E-state index in [0.717, 1.165) is 5.57 Å². The van der Waals surface area contributed by atoms with Gasteiger partial charge in [-0.3, -0.25) is 4.99 Å². The number of hydrogen-bond acceptors (Lipinski definition) is 6. The molecule has 1 aromatic heterocycles. The number of hydrogen-bond donors (Lipinski definition) is 0. The third-order valence-corrected chi connectivity index (χ3v) is 4.47. The standard InChI is InChI=1S/C15H16F3N3O3S/c1-4-9(2)8-12(19-3)13-20-11-7-5-6-10(11)14(21-13)24-25(22,23)15(16,17)18/h4,8H,1,5-7H2,2-3H3/b9-8-,19-12?. The molecule has 0 atom stereocenters. The zero-order valence-corrected chi connectivity index (χ0v) is 14.4. The molecule has 1 heterocycles. The average Bonchev–Trinajstić information content (AvgIpc) is 2.99. The molecular weight excluding hydrogens is 359 g/mol. The minimum Gasteiger partial charge on any atom is -0.355 e. The number of aromatic nitrogens is 2. The van der Waals surface area contributed by atoms with Gasteiger partial charge in [-0.15, -0.1) is 0 Å². The van der Waals surface area contributed by atoms with Crippen LogP contribution >= 0.6 is 0 Å². The lowest BCUT2D eigenvalue weighted by Gasteiger charge is -2.13. The molecule has 0 radical (unpaired) electrons. The number of rotatable bonds is 5. The molecule has 0 amide bonds. The summed E-state index contributed by atoms with van der Waals surface area (Å²) in [5, 5.41) is 0. The third kappa shape index (κ3) is 4.06. The monoisotopic (exact) mass is 375 g/mol. The Balaban J connectivity index is 2.55. The number of halogens is 3. The van der Waals surface area contributed by atoms with Crippen molar-refractivity contribution >= 4 is 15.8 Å². The van der Waals surface area contributed by atoms with Crippen LogP contribution < -0.4 is 4.18 Å². The van der Waals surface area contributed by atoms with E-state index in [4.69, 9.17) is 0 Å². The first-order valence-corrected chi connectivity index (χ1v) is 8.68. The molecule has 0 N–H and O–H groups in total. The number of nitrogens with zero attached hydrogens (tertiary/aromatic N) is 3. The van der Waals surface area contributed by atoms with E-state index in [1.54, 1.807) is 19.1 Å². The second-order valence-corrected chi connectivity index (χ2v) is 6.85. The van der Waals surface area contributed by atoms with Crippen LogP contribution in [-0.4, -0.2) is 36.7 Å². The summed E-state index contributed by atoms with van der Waals surface area (Å²) in [6.07, 6.45) is 4.61. The molecule has 10 heteroatoms. The Labute approximate surface area is 143 Å². The summed E-state index contributed by atoms with van der Waals surface area (Å²) in [4.78, 5) is 12.2. The van der Waals surface area contributed by atoms with Crippen LogP contribution in [0.3, 0.4) is 0 Å². The van der Waals surface area contributed by atoms with Gasteiger partial charge >= 0.3 is 15.6 Å². The van der Waals surface area contributed by atoms with E-state index in [9.17, 15) is 21.6 Å². The lowest BCUT2D eigenvalue weighted by molar-refractivity contribution is -0.0501. The summed E-state index contributed by atoms with van der Waals surface area (Å²) in [6.45, 7) is 5.35. The Morgan fingerprint density at radius 1 is 1.32 bits per heavy atom. The summed E-state index contributed by atoms with van der Waals surface area (Å²) in [6, 6.07) is 0. The highest BCUT2D eigenvalue weighted by Gasteiger charge is 2.49. The SMILES string of the molecule is C=C/C(C)=C\C(=NC)c1nc2c(c(OS(=O)(=O)C(F)(F)F)n1)CCC2. The van der Waals surface area contributed by atoms with Crippen molar-refractivity contribution in [2.45, 2.75) is 31.7 Å². The van der Waals surface area contributed by atoms with Crippen LogP contribution in [0.4, 0.5) is 13.2 Å². The van der Waals surface area contributed by atoms with Gasteiger partial charge in [0.25, 0.3) is 0 Å². The van der Waals surface area contributed by atoms with E-state index in [-0.39, 0.29) is 17.1 Å². The molecule has 0 aromatic carbocycles. The number of aryl methyl sites for hydroxylation is 1. The van der Waals surface area contributed by atoms with E-state index in [1.165, 1.54) is 7.05 Å². The molecule has 6 nitrogen and oxygen atoms in total. The Kier molecular flexibility index (Phi) is 5.31.